The molecule has 0 heterocycles. The lowest BCUT2D eigenvalue weighted by Gasteiger charge is -2.08. The van der Waals surface area contributed by atoms with Crippen molar-refractivity contribution in [3.8, 4) is 5.75 Å². The van der Waals surface area contributed by atoms with Crippen LogP contribution in [0.25, 0.3) is 0 Å². The summed E-state index contributed by atoms with van der Waals surface area (Å²) in [5.41, 5.74) is 2.16. The largest absolute Gasteiger partial charge is 0.491 e. The molecule has 0 aliphatic carbocycles. The normalized spacial score (nSPS) is 11.4. The number of ether oxygens (including phenoxy) is 2. The van der Waals surface area contributed by atoms with Crippen LogP contribution in [-0.4, -0.2) is 34.8 Å². The molecular weight excluding hydrogens is 328 g/mol. The van der Waals surface area contributed by atoms with Gasteiger partial charge in [0.05, 0.1) is 24.7 Å². The molecule has 0 bridgehead atoms. The van der Waals surface area contributed by atoms with Gasteiger partial charge in [0, 0.05) is 0 Å². The molecule has 6 heteroatoms. The number of rotatable bonds is 9. The summed E-state index contributed by atoms with van der Waals surface area (Å²) in [7, 11) is -3.73. The molecule has 0 aliphatic heterocycles. The van der Waals surface area contributed by atoms with Crippen LogP contribution in [0.2, 0.25) is 0 Å². The van der Waals surface area contributed by atoms with E-state index in [0.717, 1.165) is 11.3 Å². The van der Waals surface area contributed by atoms with E-state index in [-0.39, 0.29) is 18.1 Å². The molecule has 0 saturated heterocycles. The first kappa shape index (κ1) is 18.4. The average Bonchev–Trinajstić information content (AvgIpc) is 2.56. The van der Waals surface area contributed by atoms with Gasteiger partial charge in [0.1, 0.15) is 12.4 Å². The molecule has 0 saturated carbocycles. The highest BCUT2D eigenvalue weighted by molar-refractivity contribution is 7.86. The Balaban J connectivity index is 1.62. The fourth-order valence-electron chi connectivity index (χ4n) is 1.93. The lowest BCUT2D eigenvalue weighted by molar-refractivity contribution is 0.0779. The van der Waals surface area contributed by atoms with Crippen LogP contribution in [0, 0.1) is 13.8 Å². The van der Waals surface area contributed by atoms with Crippen LogP contribution >= 0.6 is 0 Å². The molecule has 5 nitrogen and oxygen atoms in total. The van der Waals surface area contributed by atoms with Gasteiger partial charge in [-0.3, -0.25) is 4.18 Å². The summed E-state index contributed by atoms with van der Waals surface area (Å²) in [6, 6.07) is 14.3. The summed E-state index contributed by atoms with van der Waals surface area (Å²) < 4.78 is 39.6. The summed E-state index contributed by atoms with van der Waals surface area (Å²) in [4.78, 5) is 0.149. The third-order valence-corrected chi connectivity index (χ3v) is 4.62. The Morgan fingerprint density at radius 2 is 1.29 bits per heavy atom. The molecule has 0 unspecified atom stereocenters. The third-order valence-electron chi connectivity index (χ3n) is 3.29. The lowest BCUT2D eigenvalue weighted by Crippen LogP contribution is -2.14. The van der Waals surface area contributed by atoms with Crippen molar-refractivity contribution < 1.29 is 22.1 Å². The first-order valence-corrected chi connectivity index (χ1v) is 9.11. The van der Waals surface area contributed by atoms with Crippen LogP contribution in [0.5, 0.6) is 5.75 Å². The SMILES string of the molecule is Cc1ccc(OCCOCCOS(=O)(=O)c2ccc(C)cc2)cc1. The molecule has 0 spiro atoms. The summed E-state index contributed by atoms with van der Waals surface area (Å²) in [6.45, 7) is 4.82. The topological polar surface area (TPSA) is 61.8 Å². The fraction of sp³-hybridized carbons (Fsp3) is 0.333. The average molecular weight is 350 g/mol. The van der Waals surface area contributed by atoms with E-state index in [1.54, 1.807) is 12.1 Å². The van der Waals surface area contributed by atoms with E-state index in [2.05, 4.69) is 0 Å². The van der Waals surface area contributed by atoms with Crippen molar-refractivity contribution in [2.75, 3.05) is 26.4 Å². The van der Waals surface area contributed by atoms with Crippen molar-refractivity contribution in [1.82, 2.24) is 0 Å². The Kier molecular flexibility index (Phi) is 6.78. The van der Waals surface area contributed by atoms with Gasteiger partial charge in [-0.2, -0.15) is 8.42 Å². The number of hydrogen-bond acceptors (Lipinski definition) is 5. The summed E-state index contributed by atoms with van der Waals surface area (Å²) in [6.07, 6.45) is 0. The number of aryl methyl sites for hydroxylation is 2. The highest BCUT2D eigenvalue weighted by Crippen LogP contribution is 2.13. The maximum atomic E-state index is 11.9. The molecule has 2 rings (SSSR count). The summed E-state index contributed by atoms with van der Waals surface area (Å²) in [5.74, 6) is 0.780. The highest BCUT2D eigenvalue weighted by atomic mass is 32.2. The van der Waals surface area contributed by atoms with Gasteiger partial charge in [0.25, 0.3) is 10.1 Å². The molecule has 0 amide bonds. The highest BCUT2D eigenvalue weighted by Gasteiger charge is 2.14. The maximum absolute atomic E-state index is 11.9. The predicted octanol–water partition coefficient (Wildman–Crippen LogP) is 3.10. The molecule has 24 heavy (non-hydrogen) atoms. The molecule has 0 aromatic heterocycles. The molecule has 130 valence electrons. The van der Waals surface area contributed by atoms with E-state index in [9.17, 15) is 8.42 Å². The van der Waals surface area contributed by atoms with E-state index in [1.807, 2.05) is 38.1 Å². The van der Waals surface area contributed by atoms with E-state index in [4.69, 9.17) is 13.7 Å². The van der Waals surface area contributed by atoms with Gasteiger partial charge in [0.2, 0.25) is 0 Å². The fourth-order valence-corrected chi connectivity index (χ4v) is 2.82. The molecule has 0 fully saturated rings. The predicted molar refractivity (Wildman–Crippen MR) is 91.8 cm³/mol. The van der Waals surface area contributed by atoms with Gasteiger partial charge < -0.3 is 9.47 Å². The van der Waals surface area contributed by atoms with E-state index in [1.165, 1.54) is 17.7 Å². The van der Waals surface area contributed by atoms with E-state index < -0.39 is 10.1 Å². The van der Waals surface area contributed by atoms with Crippen molar-refractivity contribution >= 4 is 10.1 Å². The lowest BCUT2D eigenvalue weighted by atomic mass is 10.2. The van der Waals surface area contributed by atoms with Crippen LogP contribution in [0.1, 0.15) is 11.1 Å². The maximum Gasteiger partial charge on any atom is 0.297 e. The van der Waals surface area contributed by atoms with Crippen LogP contribution in [0.3, 0.4) is 0 Å². The van der Waals surface area contributed by atoms with Gasteiger partial charge in [-0.1, -0.05) is 35.4 Å². The van der Waals surface area contributed by atoms with Gasteiger partial charge in [-0.05, 0) is 38.1 Å². The summed E-state index contributed by atoms with van der Waals surface area (Å²) >= 11 is 0. The third kappa shape index (κ3) is 5.96. The standard InChI is InChI=1S/C18H22O5S/c1-15-3-7-17(8-4-15)22-13-11-21-12-14-23-24(19,20)18-9-5-16(2)6-10-18/h3-10H,11-14H2,1-2H3. The molecule has 0 aliphatic rings. The van der Waals surface area contributed by atoms with Gasteiger partial charge in [-0.25, -0.2) is 0 Å². The molecule has 2 aromatic carbocycles. The second-order valence-electron chi connectivity index (χ2n) is 5.36. The van der Waals surface area contributed by atoms with Crippen LogP contribution in [0.4, 0.5) is 0 Å². The first-order chi connectivity index (χ1) is 11.5. The van der Waals surface area contributed by atoms with Crippen molar-refractivity contribution in [2.45, 2.75) is 18.7 Å². The van der Waals surface area contributed by atoms with Crippen LogP contribution in [-0.2, 0) is 19.0 Å². The second-order valence-corrected chi connectivity index (χ2v) is 6.98. The smallest absolute Gasteiger partial charge is 0.297 e. The summed E-state index contributed by atoms with van der Waals surface area (Å²) in [5, 5.41) is 0. The van der Waals surface area contributed by atoms with E-state index >= 15 is 0 Å². The van der Waals surface area contributed by atoms with Gasteiger partial charge in [-0.15, -0.1) is 0 Å². The minimum Gasteiger partial charge on any atom is -0.491 e. The van der Waals surface area contributed by atoms with Crippen molar-refractivity contribution in [1.29, 1.82) is 0 Å². The zero-order valence-corrected chi connectivity index (χ0v) is 14.7. The first-order valence-electron chi connectivity index (χ1n) is 7.71. The molecule has 0 N–H and O–H groups in total. The molecular formula is C18H22O5S. The van der Waals surface area contributed by atoms with E-state index in [0.29, 0.717) is 13.2 Å². The second kappa shape index (κ2) is 8.82. The van der Waals surface area contributed by atoms with Crippen LogP contribution in [0.15, 0.2) is 53.4 Å². The number of benzene rings is 2. The molecule has 2 aromatic rings. The monoisotopic (exact) mass is 350 g/mol. The van der Waals surface area contributed by atoms with Gasteiger partial charge >= 0.3 is 0 Å². The van der Waals surface area contributed by atoms with Crippen molar-refractivity contribution in [2.24, 2.45) is 0 Å². The minimum atomic E-state index is -3.73. The zero-order chi connectivity index (χ0) is 17.4. The molecule has 0 atom stereocenters. The Hall–Kier alpha value is -1.89. The quantitative estimate of drug-likeness (QED) is 0.514. The molecule has 0 radical (unpaired) electrons. The van der Waals surface area contributed by atoms with Crippen molar-refractivity contribution in [3.63, 3.8) is 0 Å². The Labute approximate surface area is 143 Å². The Bertz CT molecular complexity index is 721. The minimum absolute atomic E-state index is 0.0270. The Morgan fingerprint density at radius 3 is 1.92 bits per heavy atom. The Morgan fingerprint density at radius 1 is 0.750 bits per heavy atom. The number of hydrogen-bond donors (Lipinski definition) is 0. The van der Waals surface area contributed by atoms with Gasteiger partial charge in [0.15, 0.2) is 0 Å². The van der Waals surface area contributed by atoms with Crippen molar-refractivity contribution in [3.05, 3.63) is 59.7 Å². The van der Waals surface area contributed by atoms with Crippen LogP contribution < -0.4 is 4.74 Å². The zero-order valence-electron chi connectivity index (χ0n) is 13.9.